The number of ether oxygens (including phenoxy) is 3. The van der Waals surface area contributed by atoms with E-state index in [0.717, 1.165) is 77.0 Å². The molecule has 1 aliphatic heterocycles. The van der Waals surface area contributed by atoms with Gasteiger partial charge in [-0.1, -0.05) is 358 Å². The fraction of sp³-hybridized carbons (Fsp3) is 0.873. The summed E-state index contributed by atoms with van der Waals surface area (Å²) >= 11 is 0. The van der Waals surface area contributed by atoms with Crippen molar-refractivity contribution < 1.29 is 49.3 Å². The molecule has 1 heterocycles. The fourth-order valence-corrected chi connectivity index (χ4v) is 12.4. The fourth-order valence-electron chi connectivity index (χ4n) is 12.4. The molecule has 11 nitrogen and oxygen atoms in total. The van der Waals surface area contributed by atoms with Crippen LogP contribution in [0.25, 0.3) is 0 Å². The third-order valence-corrected chi connectivity index (χ3v) is 18.5. The highest BCUT2D eigenvalue weighted by Gasteiger charge is 2.47. The summed E-state index contributed by atoms with van der Waals surface area (Å²) in [4.78, 5) is 26.7. The van der Waals surface area contributed by atoms with Crippen molar-refractivity contribution in [2.24, 2.45) is 0 Å². The molecule has 0 aromatic carbocycles. The normalized spacial score (nSPS) is 18.2. The highest BCUT2D eigenvalue weighted by molar-refractivity contribution is 5.80. The molecule has 11 heteroatoms. The van der Waals surface area contributed by atoms with Gasteiger partial charge in [0.15, 0.2) is 12.4 Å². The number of rotatable bonds is 68. The first-order chi connectivity index (χ1) is 44.2. The van der Waals surface area contributed by atoms with E-state index in [4.69, 9.17) is 14.2 Å². The van der Waals surface area contributed by atoms with Crippen LogP contribution in [0.2, 0.25) is 0 Å². The van der Waals surface area contributed by atoms with Crippen LogP contribution in [0.15, 0.2) is 48.6 Å². The number of aliphatic hydroxyl groups is 5. The van der Waals surface area contributed by atoms with E-state index in [9.17, 15) is 35.1 Å². The maximum absolute atomic E-state index is 13.5. The molecule has 90 heavy (non-hydrogen) atoms. The standard InChI is InChI=1S/C79H147NO10/c1-4-7-10-13-16-19-22-25-27-29-31-33-35-36-37-38-39-41-43-45-47-49-52-55-58-61-64-67-74(84)90-77-76(86)75(85)73(68-81)89-79(77)88-69-70(71(82)65-62-59-56-53-50-24-21-18-15-12-9-6-3)80-78(87)72(83)66-63-60-57-54-51-48-46-44-42-40-34-32-30-28-26-23-20-17-14-11-8-5-2/h17,20,26,28,32,34,62,65,70-73,75-77,79,81-83,85-86H,4-16,18-19,21-25,27,29-31,33,35-61,63-64,66-69H2,1-3H3,(H,80,87)/b20-17-,28-26-,34-32-,65-62+. The number of esters is 1. The number of amides is 1. The molecule has 528 valence electrons. The lowest BCUT2D eigenvalue weighted by Gasteiger charge is -2.41. The van der Waals surface area contributed by atoms with Crippen molar-refractivity contribution in [3.63, 3.8) is 0 Å². The second-order valence-electron chi connectivity index (χ2n) is 27.1. The van der Waals surface area contributed by atoms with Gasteiger partial charge in [0.25, 0.3) is 0 Å². The Labute approximate surface area is 555 Å². The SMILES string of the molecule is CCCCC/C=C\C/C=C\C/C=C\CCCCCCCCCCCC(O)C(=O)NC(COC1OC(CO)C(O)C(O)C1OC(=O)CCCCCCCCCCCCCCCCCCCCCCCCCCCCC)C(O)/C=C/CCCCCCCCCCCC. The van der Waals surface area contributed by atoms with E-state index in [2.05, 4.69) is 62.5 Å². The smallest absolute Gasteiger partial charge is 0.306 e. The quantitative estimate of drug-likeness (QED) is 0.0195. The van der Waals surface area contributed by atoms with Gasteiger partial charge in [-0.15, -0.1) is 0 Å². The van der Waals surface area contributed by atoms with Crippen LogP contribution >= 0.6 is 0 Å². The first-order valence-corrected chi connectivity index (χ1v) is 38.9. The van der Waals surface area contributed by atoms with E-state index in [0.29, 0.717) is 12.8 Å². The Morgan fingerprint density at radius 3 is 1.17 bits per heavy atom. The van der Waals surface area contributed by atoms with Crippen molar-refractivity contribution in [2.75, 3.05) is 13.2 Å². The minimum Gasteiger partial charge on any atom is -0.454 e. The van der Waals surface area contributed by atoms with Crippen LogP contribution in [-0.2, 0) is 23.8 Å². The molecule has 1 saturated heterocycles. The molecule has 0 radical (unpaired) electrons. The lowest BCUT2D eigenvalue weighted by Crippen LogP contribution is -2.61. The topological polar surface area (TPSA) is 175 Å². The lowest BCUT2D eigenvalue weighted by atomic mass is 9.99. The molecule has 0 spiro atoms. The van der Waals surface area contributed by atoms with Crippen LogP contribution in [0, 0.1) is 0 Å². The van der Waals surface area contributed by atoms with Gasteiger partial charge in [0.1, 0.15) is 24.4 Å². The monoisotopic (exact) mass is 1270 g/mol. The molecule has 0 aromatic heterocycles. The summed E-state index contributed by atoms with van der Waals surface area (Å²) in [5.74, 6) is -1.18. The third-order valence-electron chi connectivity index (χ3n) is 18.5. The molecule has 1 aliphatic rings. The number of hydrogen-bond acceptors (Lipinski definition) is 10. The molecule has 8 atom stereocenters. The van der Waals surface area contributed by atoms with Crippen molar-refractivity contribution >= 4 is 11.9 Å². The third kappa shape index (κ3) is 52.9. The summed E-state index contributed by atoms with van der Waals surface area (Å²) in [6.45, 7) is 5.82. The Hall–Kier alpha value is -2.38. The summed E-state index contributed by atoms with van der Waals surface area (Å²) in [5.41, 5.74) is 0. The van der Waals surface area contributed by atoms with Gasteiger partial charge < -0.3 is 45.1 Å². The molecule has 0 aromatic rings. The molecule has 1 fully saturated rings. The van der Waals surface area contributed by atoms with Crippen LogP contribution in [0.1, 0.15) is 380 Å². The average Bonchev–Trinajstić information content (AvgIpc) is 1.14. The highest BCUT2D eigenvalue weighted by Crippen LogP contribution is 2.27. The molecule has 0 aliphatic carbocycles. The second kappa shape index (κ2) is 66.6. The van der Waals surface area contributed by atoms with Gasteiger partial charge in [-0.2, -0.15) is 0 Å². The van der Waals surface area contributed by atoms with E-state index in [-0.39, 0.29) is 19.4 Å². The van der Waals surface area contributed by atoms with E-state index in [1.165, 1.54) is 257 Å². The number of hydrogen-bond donors (Lipinski definition) is 6. The van der Waals surface area contributed by atoms with Crippen molar-refractivity contribution in [1.29, 1.82) is 0 Å². The van der Waals surface area contributed by atoms with E-state index < -0.39 is 67.4 Å². The zero-order valence-corrected chi connectivity index (χ0v) is 59.0. The summed E-state index contributed by atoms with van der Waals surface area (Å²) in [5, 5.41) is 57.4. The number of allylic oxidation sites excluding steroid dienone is 7. The summed E-state index contributed by atoms with van der Waals surface area (Å²) in [6, 6.07) is -1.03. The van der Waals surface area contributed by atoms with Crippen LogP contribution in [0.3, 0.4) is 0 Å². The lowest BCUT2D eigenvalue weighted by molar-refractivity contribution is -0.305. The Kier molecular flexibility index (Phi) is 63.4. The Bertz CT molecular complexity index is 1650. The zero-order valence-electron chi connectivity index (χ0n) is 59.0. The Morgan fingerprint density at radius 1 is 0.433 bits per heavy atom. The number of aliphatic hydroxyl groups excluding tert-OH is 5. The van der Waals surface area contributed by atoms with Gasteiger partial charge in [-0.3, -0.25) is 9.59 Å². The number of unbranched alkanes of at least 4 members (excludes halogenated alkanes) is 48. The van der Waals surface area contributed by atoms with Crippen LogP contribution in [-0.4, -0.2) is 99.6 Å². The van der Waals surface area contributed by atoms with E-state index in [1.54, 1.807) is 6.08 Å². The van der Waals surface area contributed by atoms with E-state index in [1.807, 2.05) is 6.08 Å². The maximum Gasteiger partial charge on any atom is 0.306 e. The van der Waals surface area contributed by atoms with Crippen molar-refractivity contribution in [3.8, 4) is 0 Å². The van der Waals surface area contributed by atoms with Crippen molar-refractivity contribution in [2.45, 2.75) is 429 Å². The Balaban J connectivity index is 2.50. The molecule has 0 bridgehead atoms. The largest absolute Gasteiger partial charge is 0.454 e. The summed E-state index contributed by atoms with van der Waals surface area (Å²) in [7, 11) is 0. The molecule has 8 unspecified atom stereocenters. The van der Waals surface area contributed by atoms with Crippen LogP contribution in [0.4, 0.5) is 0 Å². The average molecular weight is 1270 g/mol. The minimum absolute atomic E-state index is 0.128. The first kappa shape index (κ1) is 85.6. The number of carbonyl (C=O) groups is 2. The number of carbonyl (C=O) groups excluding carboxylic acids is 2. The first-order valence-electron chi connectivity index (χ1n) is 38.9. The molecule has 1 rings (SSSR count). The summed E-state index contributed by atoms with van der Waals surface area (Å²) in [6.07, 6.45) is 74.5. The molecular weight excluding hydrogens is 1120 g/mol. The second-order valence-corrected chi connectivity index (χ2v) is 27.1. The van der Waals surface area contributed by atoms with Gasteiger partial charge in [0.05, 0.1) is 25.4 Å². The van der Waals surface area contributed by atoms with E-state index >= 15 is 0 Å². The molecular formula is C79H147NO10. The molecule has 1 amide bonds. The van der Waals surface area contributed by atoms with Crippen molar-refractivity contribution in [3.05, 3.63) is 48.6 Å². The van der Waals surface area contributed by atoms with Crippen molar-refractivity contribution in [1.82, 2.24) is 5.32 Å². The van der Waals surface area contributed by atoms with Gasteiger partial charge in [0, 0.05) is 6.42 Å². The van der Waals surface area contributed by atoms with Gasteiger partial charge in [0.2, 0.25) is 5.91 Å². The van der Waals surface area contributed by atoms with Gasteiger partial charge in [-0.05, 0) is 64.2 Å². The molecule has 6 N–H and O–H groups in total. The van der Waals surface area contributed by atoms with Gasteiger partial charge in [-0.25, -0.2) is 0 Å². The van der Waals surface area contributed by atoms with Gasteiger partial charge >= 0.3 is 5.97 Å². The zero-order chi connectivity index (χ0) is 65.3. The number of nitrogens with one attached hydrogen (secondary N) is 1. The highest BCUT2D eigenvalue weighted by atomic mass is 16.7. The predicted molar refractivity (Wildman–Crippen MR) is 380 cm³/mol. The maximum atomic E-state index is 13.5. The Morgan fingerprint density at radius 2 is 0.767 bits per heavy atom. The predicted octanol–water partition coefficient (Wildman–Crippen LogP) is 20.7. The minimum atomic E-state index is -1.61. The van der Waals surface area contributed by atoms with Crippen LogP contribution in [0.5, 0.6) is 0 Å². The van der Waals surface area contributed by atoms with Crippen LogP contribution < -0.4 is 5.32 Å². The summed E-state index contributed by atoms with van der Waals surface area (Å²) < 4.78 is 17.7. The molecule has 0 saturated carbocycles.